The second-order valence-electron chi connectivity index (χ2n) is 18.3. The highest BCUT2D eigenvalue weighted by Gasteiger charge is 2.40. The van der Waals surface area contributed by atoms with E-state index in [4.69, 9.17) is 19.6 Å². The summed E-state index contributed by atoms with van der Waals surface area (Å²) in [4.78, 5) is 73.3. The van der Waals surface area contributed by atoms with Crippen molar-refractivity contribution in [3.8, 4) is 22.5 Å². The predicted molar refractivity (Wildman–Crippen MR) is 279 cm³/mol. The van der Waals surface area contributed by atoms with Gasteiger partial charge in [0.25, 0.3) is 11.5 Å². The number of carboxylic acids is 1. The lowest BCUT2D eigenvalue weighted by Gasteiger charge is -2.36. The normalized spacial score (nSPS) is 16.7. The molecule has 18 nitrogen and oxygen atoms in total. The second kappa shape index (κ2) is 24.6. The zero-order valence-corrected chi connectivity index (χ0v) is 43.0. The number of nitrogens with zero attached hydrogens (tertiary/aromatic N) is 5. The van der Waals surface area contributed by atoms with Crippen molar-refractivity contribution in [2.24, 2.45) is 4.99 Å². The van der Waals surface area contributed by atoms with E-state index in [0.717, 1.165) is 23.9 Å². The third kappa shape index (κ3) is 13.5. The molecule has 1 fully saturated rings. The fourth-order valence-electron chi connectivity index (χ4n) is 8.33. The SMILES string of the molecule is [2H]CC1OC(n2cc(/C=C/C(=O)NCCCCCCNC(=O)c3ccc(C(=O)O)c(-c4c5ccc(=[N+](C)C)cc-5oc5cc(N(C)C)ccc45)c3)c(=O)[nH]c2=O)CC1OP(OC=NCC)N(C(C)C)C(C)C. The molecule has 0 bridgehead atoms. The lowest BCUT2D eigenvalue weighted by Crippen LogP contribution is -2.35. The number of hydrogen-bond donors (Lipinski definition) is 4. The van der Waals surface area contributed by atoms with Crippen molar-refractivity contribution in [1.29, 1.82) is 0 Å². The number of aromatic amines is 1. The molecule has 3 aliphatic rings. The number of hydrogen-bond acceptors (Lipinski definition) is 12. The number of aromatic carboxylic acids is 1. The maximum Gasteiger partial charge on any atom is 0.336 e. The van der Waals surface area contributed by atoms with Crippen LogP contribution in [0.25, 0.3) is 39.5 Å². The number of anilines is 1. The van der Waals surface area contributed by atoms with E-state index in [9.17, 15) is 29.1 Å². The largest absolute Gasteiger partial charge is 0.478 e. The molecule has 71 heavy (non-hydrogen) atoms. The van der Waals surface area contributed by atoms with Gasteiger partial charge in [-0.05, 0) is 102 Å². The third-order valence-electron chi connectivity index (χ3n) is 12.0. The molecule has 380 valence electrons. The molecule has 4 N–H and O–H groups in total. The maximum atomic E-state index is 13.5. The Labute approximate surface area is 416 Å². The van der Waals surface area contributed by atoms with Crippen LogP contribution in [0.5, 0.6) is 0 Å². The van der Waals surface area contributed by atoms with Crippen LogP contribution in [-0.4, -0.2) is 116 Å². The smallest absolute Gasteiger partial charge is 0.336 e. The van der Waals surface area contributed by atoms with Crippen molar-refractivity contribution in [1.82, 2.24) is 29.4 Å². The highest BCUT2D eigenvalue weighted by molar-refractivity contribution is 7.45. The fraction of sp³-hybridized carbons (Fsp3) is 0.442. The van der Waals surface area contributed by atoms with Crippen LogP contribution in [-0.2, 0) is 18.6 Å². The van der Waals surface area contributed by atoms with Gasteiger partial charge in [-0.25, -0.2) is 18.8 Å². The lowest BCUT2D eigenvalue weighted by molar-refractivity contribution is -0.116. The summed E-state index contributed by atoms with van der Waals surface area (Å²) < 4.78 is 38.5. The number of carboxylic acid groups (broad SMARTS) is 1. The van der Waals surface area contributed by atoms with E-state index < -0.39 is 50.1 Å². The van der Waals surface area contributed by atoms with Crippen molar-refractivity contribution in [2.75, 3.05) is 52.7 Å². The van der Waals surface area contributed by atoms with Crippen LogP contribution < -0.4 is 36.7 Å². The van der Waals surface area contributed by atoms with Gasteiger partial charge in [-0.1, -0.05) is 12.8 Å². The standard InChI is InChI=1S/C52H67N8O10P/c1-11-53-31-67-71(60(32(2)3)33(4)5)70-43-29-47(68-34(43)6)59-30-36(50(63)56-52(59)66)17-23-46(61)54-24-14-12-13-15-25-55-49(62)35-16-20-39(51(64)65)42(26-35)48-40-21-18-37(57(7)8)27-44(40)69-45-28-38(58(9)10)19-22-41(45)48/h16-23,26-28,30-34,43,47H,11-15,24-25,29H2,1-10H3,(H3-,54,55,56,61,62,63,64,65,66)/p+1/b23-17+,53-31?/i6D. The highest BCUT2D eigenvalue weighted by Crippen LogP contribution is 2.49. The zero-order valence-electron chi connectivity index (χ0n) is 43.1. The predicted octanol–water partition coefficient (Wildman–Crippen LogP) is 7.07. The molecule has 3 heterocycles. The molecular weight excluding hydrogens is 928 g/mol. The molecule has 19 heteroatoms. The summed E-state index contributed by atoms with van der Waals surface area (Å²) in [6, 6.07) is 16.3. The minimum absolute atomic E-state index is 0.0558. The first-order valence-electron chi connectivity index (χ1n) is 24.6. The average Bonchev–Trinajstić information content (AvgIpc) is 3.74. The van der Waals surface area contributed by atoms with E-state index in [-0.39, 0.29) is 42.4 Å². The van der Waals surface area contributed by atoms with Crippen molar-refractivity contribution in [3.05, 3.63) is 110 Å². The van der Waals surface area contributed by atoms with E-state index in [1.807, 2.05) is 109 Å². The van der Waals surface area contributed by atoms with Gasteiger partial charge in [-0.15, -0.1) is 0 Å². The van der Waals surface area contributed by atoms with Crippen LogP contribution in [0.15, 0.2) is 85.9 Å². The fourth-order valence-corrected chi connectivity index (χ4v) is 9.95. The summed E-state index contributed by atoms with van der Waals surface area (Å²) in [7, 11) is 6.09. The monoisotopic (exact) mass is 996 g/mol. The molecular formula is C52H68N8O10P+. The Hall–Kier alpha value is -6.46. The summed E-state index contributed by atoms with van der Waals surface area (Å²) in [5.74, 6) is -1.30. The first kappa shape index (κ1) is 52.4. The van der Waals surface area contributed by atoms with Gasteiger partial charge in [-0.2, -0.15) is 0 Å². The van der Waals surface area contributed by atoms with Gasteiger partial charge in [0, 0.05) is 106 Å². The Kier molecular flexibility index (Phi) is 18.1. The Morgan fingerprint density at radius 1 is 1.00 bits per heavy atom. The maximum absolute atomic E-state index is 13.5. The van der Waals surface area contributed by atoms with Gasteiger partial charge in [0.05, 0.1) is 29.4 Å². The number of ether oxygens (including phenoxy) is 1. The van der Waals surface area contributed by atoms with Crippen LogP contribution in [0.4, 0.5) is 5.69 Å². The van der Waals surface area contributed by atoms with E-state index in [1.54, 1.807) is 6.07 Å². The van der Waals surface area contributed by atoms with Crippen LogP contribution in [0, 0.1) is 0 Å². The summed E-state index contributed by atoms with van der Waals surface area (Å²) in [5.41, 5.74) is 2.33. The van der Waals surface area contributed by atoms with Gasteiger partial charge in [0.2, 0.25) is 11.3 Å². The minimum Gasteiger partial charge on any atom is -0.478 e. The van der Waals surface area contributed by atoms with Crippen LogP contribution >= 0.6 is 8.53 Å². The molecule has 2 amide bonds. The molecule has 2 aliphatic heterocycles. The summed E-state index contributed by atoms with van der Waals surface area (Å²) in [6.45, 7) is 11.2. The number of unbranched alkanes of at least 4 members (excludes halogenated alkanes) is 3. The number of amides is 2. The first-order valence-corrected chi connectivity index (χ1v) is 25.1. The Morgan fingerprint density at radius 3 is 2.39 bits per heavy atom. The topological polar surface area (TPSA) is 213 Å². The molecule has 1 aliphatic carbocycles. The molecule has 0 radical (unpaired) electrons. The van der Waals surface area contributed by atoms with Crippen molar-refractivity contribution < 1.29 is 39.1 Å². The summed E-state index contributed by atoms with van der Waals surface area (Å²) in [6.07, 6.45) is 6.27. The number of aliphatic imine (C=N–C) groups is 1. The van der Waals surface area contributed by atoms with E-state index in [0.29, 0.717) is 71.5 Å². The number of fused-ring (bicyclic) bond motifs is 2. The molecule has 1 aromatic heterocycles. The minimum atomic E-state index is -1.63. The molecule has 4 atom stereocenters. The number of benzene rings is 3. The Bertz CT molecular complexity index is 2940. The Morgan fingerprint density at radius 2 is 1.73 bits per heavy atom. The number of carbonyl (C=O) groups is 3. The molecule has 0 spiro atoms. The van der Waals surface area contributed by atoms with Gasteiger partial charge in [0.15, 0.2) is 6.40 Å². The van der Waals surface area contributed by atoms with Crippen LogP contribution in [0.1, 0.15) is 108 Å². The number of nitrogens with one attached hydrogen (secondary N) is 3. The van der Waals surface area contributed by atoms with Gasteiger partial charge >= 0.3 is 20.2 Å². The summed E-state index contributed by atoms with van der Waals surface area (Å²) in [5, 5.41) is 17.8. The number of H-pyrrole nitrogens is 1. The molecule has 4 unspecified atom stereocenters. The third-order valence-corrected chi connectivity index (χ3v) is 14.0. The molecule has 1 saturated heterocycles. The molecule has 2 aromatic carbocycles. The molecule has 6 rings (SSSR count). The molecule has 3 aromatic rings. The van der Waals surface area contributed by atoms with Gasteiger partial charge in [0.1, 0.15) is 31.7 Å². The average molecular weight is 997 g/mol. The zero-order chi connectivity index (χ0) is 52.2. The quantitative estimate of drug-likeness (QED) is 0.0104. The van der Waals surface area contributed by atoms with E-state index in [2.05, 4.69) is 25.3 Å². The number of aromatic nitrogens is 2. The summed E-state index contributed by atoms with van der Waals surface area (Å²) >= 11 is 0. The van der Waals surface area contributed by atoms with Crippen molar-refractivity contribution in [3.63, 3.8) is 0 Å². The number of carbonyl (C=O) groups excluding carboxylic acids is 2. The van der Waals surface area contributed by atoms with Crippen molar-refractivity contribution >= 4 is 55.4 Å². The lowest BCUT2D eigenvalue weighted by atomic mass is 9.89. The second-order valence-corrected chi connectivity index (χ2v) is 19.6. The van der Waals surface area contributed by atoms with E-state index >= 15 is 0 Å². The van der Waals surface area contributed by atoms with Crippen molar-refractivity contribution in [2.45, 2.75) is 104 Å². The van der Waals surface area contributed by atoms with Gasteiger partial charge in [-0.3, -0.25) is 28.9 Å². The number of rotatable bonds is 22. The highest BCUT2D eigenvalue weighted by atomic mass is 31.2. The van der Waals surface area contributed by atoms with E-state index in [1.165, 1.54) is 41.4 Å². The van der Waals surface area contributed by atoms with Crippen LogP contribution in [0.3, 0.4) is 0 Å². The van der Waals surface area contributed by atoms with Crippen LogP contribution in [0.2, 0.25) is 0 Å². The Balaban J connectivity index is 1.02. The molecule has 0 saturated carbocycles. The first-order chi connectivity index (χ1) is 34.4. The van der Waals surface area contributed by atoms with Gasteiger partial charge < -0.3 is 38.8 Å².